The summed E-state index contributed by atoms with van der Waals surface area (Å²) in [4.78, 5) is 24.2. The van der Waals surface area contributed by atoms with Gasteiger partial charge in [-0.15, -0.1) is 0 Å². The average molecular weight is 500 g/mol. The molecule has 0 saturated carbocycles. The van der Waals surface area contributed by atoms with Crippen LogP contribution < -0.4 is 10.1 Å². The van der Waals surface area contributed by atoms with Gasteiger partial charge < -0.3 is 19.5 Å². The number of fused-ring (bicyclic) bond motifs is 1. The highest BCUT2D eigenvalue weighted by Gasteiger charge is 2.43. The number of halogens is 1. The van der Waals surface area contributed by atoms with Crippen molar-refractivity contribution < 1.29 is 23.8 Å². The summed E-state index contributed by atoms with van der Waals surface area (Å²) in [6, 6.07) is 11.6. The van der Waals surface area contributed by atoms with Crippen molar-refractivity contribution in [3.63, 3.8) is 0 Å². The van der Waals surface area contributed by atoms with E-state index in [1.54, 1.807) is 13.8 Å². The van der Waals surface area contributed by atoms with E-state index in [9.17, 15) is 9.59 Å². The minimum absolute atomic E-state index is 0.0782. The number of benzene rings is 2. The molecule has 7 heteroatoms. The third-order valence-corrected chi connectivity index (χ3v) is 7.62. The van der Waals surface area contributed by atoms with E-state index in [0.717, 1.165) is 23.1 Å². The highest BCUT2D eigenvalue weighted by Crippen LogP contribution is 2.42. The van der Waals surface area contributed by atoms with Gasteiger partial charge >= 0.3 is 5.97 Å². The number of carbonyl (C=O) groups is 2. The highest BCUT2D eigenvalue weighted by atomic mass is 35.5. The number of esters is 1. The molecule has 1 amide bonds. The number of anilines is 1. The van der Waals surface area contributed by atoms with Gasteiger partial charge in [-0.05, 0) is 67.5 Å². The van der Waals surface area contributed by atoms with Crippen LogP contribution in [0.15, 0.2) is 36.4 Å². The van der Waals surface area contributed by atoms with E-state index in [1.807, 2.05) is 36.4 Å². The van der Waals surface area contributed by atoms with E-state index in [-0.39, 0.29) is 42.0 Å². The molecule has 1 N–H and O–H groups in total. The second kappa shape index (κ2) is 9.82. The van der Waals surface area contributed by atoms with Gasteiger partial charge in [0.2, 0.25) is 0 Å². The number of hydrogen-bond acceptors (Lipinski definition) is 5. The Balaban J connectivity index is 1.63. The van der Waals surface area contributed by atoms with Crippen LogP contribution in [0.2, 0.25) is 5.02 Å². The molecular weight excluding hydrogens is 466 g/mol. The van der Waals surface area contributed by atoms with Crippen LogP contribution in [0.4, 0.5) is 5.69 Å². The summed E-state index contributed by atoms with van der Waals surface area (Å²) in [5.41, 5.74) is 2.59. The van der Waals surface area contributed by atoms with Gasteiger partial charge in [0.05, 0.1) is 11.8 Å². The van der Waals surface area contributed by atoms with Crippen molar-refractivity contribution in [3.05, 3.63) is 58.1 Å². The molecule has 1 saturated heterocycles. The van der Waals surface area contributed by atoms with Crippen LogP contribution in [0.25, 0.3) is 0 Å². The maximum absolute atomic E-state index is 12.3. The topological polar surface area (TPSA) is 73.9 Å². The molecule has 0 aromatic heterocycles. The van der Waals surface area contributed by atoms with Crippen LogP contribution in [-0.4, -0.2) is 29.7 Å². The molecule has 4 rings (SSSR count). The molecule has 0 aliphatic carbocycles. The maximum atomic E-state index is 12.3. The monoisotopic (exact) mass is 499 g/mol. The molecule has 0 spiro atoms. The first-order chi connectivity index (χ1) is 16.5. The zero-order valence-corrected chi connectivity index (χ0v) is 21.9. The number of nitrogens with one attached hydrogen (secondary N) is 1. The summed E-state index contributed by atoms with van der Waals surface area (Å²) in [6.45, 7) is 11.3. The lowest BCUT2D eigenvalue weighted by molar-refractivity contribution is -0.196. The molecule has 5 atom stereocenters. The van der Waals surface area contributed by atoms with Crippen molar-refractivity contribution in [2.24, 2.45) is 11.8 Å². The Morgan fingerprint density at radius 1 is 1.14 bits per heavy atom. The van der Waals surface area contributed by atoms with Crippen LogP contribution >= 0.6 is 11.6 Å². The number of hydrogen-bond donors (Lipinski definition) is 1. The lowest BCUT2D eigenvalue weighted by Crippen LogP contribution is -2.46. The second-order valence-electron chi connectivity index (χ2n) is 10.2. The fourth-order valence-corrected chi connectivity index (χ4v) is 5.18. The summed E-state index contributed by atoms with van der Waals surface area (Å²) in [7, 11) is 0. The Bertz CT molecular complexity index is 1130. The second-order valence-corrected chi connectivity index (χ2v) is 10.6. The first-order valence-corrected chi connectivity index (χ1v) is 12.6. The minimum Gasteiger partial charge on any atom is -0.476 e. The lowest BCUT2D eigenvalue weighted by atomic mass is 9.78. The number of carbonyl (C=O) groups excluding carboxylic acids is 2. The van der Waals surface area contributed by atoms with E-state index in [2.05, 4.69) is 26.1 Å². The van der Waals surface area contributed by atoms with E-state index in [4.69, 9.17) is 25.8 Å². The fourth-order valence-electron chi connectivity index (χ4n) is 5.00. The summed E-state index contributed by atoms with van der Waals surface area (Å²) in [6.07, 6.45) is 0.778. The summed E-state index contributed by atoms with van der Waals surface area (Å²) >= 11 is 6.60. The summed E-state index contributed by atoms with van der Waals surface area (Å²) < 4.78 is 18.1. The van der Waals surface area contributed by atoms with Gasteiger partial charge in [0.1, 0.15) is 18.0 Å². The van der Waals surface area contributed by atoms with Gasteiger partial charge in [0.25, 0.3) is 5.91 Å². The Morgan fingerprint density at radius 2 is 1.89 bits per heavy atom. The van der Waals surface area contributed by atoms with Gasteiger partial charge in [-0.25, -0.2) is 0 Å². The smallest absolute Gasteiger partial charge is 0.303 e. The van der Waals surface area contributed by atoms with Crippen molar-refractivity contribution in [2.45, 2.75) is 78.3 Å². The normalized spacial score (nSPS) is 27.4. The molecule has 6 nitrogen and oxygen atoms in total. The summed E-state index contributed by atoms with van der Waals surface area (Å²) in [5, 5.41) is 3.57. The van der Waals surface area contributed by atoms with Gasteiger partial charge in [0, 0.05) is 17.9 Å². The largest absolute Gasteiger partial charge is 0.476 e. The molecule has 2 aromatic carbocycles. The molecule has 2 aliphatic heterocycles. The van der Waals surface area contributed by atoms with Crippen LogP contribution in [0.3, 0.4) is 0 Å². The molecule has 2 heterocycles. The van der Waals surface area contributed by atoms with Crippen LogP contribution in [-0.2, 0) is 25.5 Å². The molecule has 35 heavy (non-hydrogen) atoms. The van der Waals surface area contributed by atoms with E-state index in [0.29, 0.717) is 22.9 Å². The number of rotatable bonds is 5. The molecule has 2 aromatic rings. The molecular formula is C28H34ClNO5. The Kier molecular flexibility index (Phi) is 7.16. The lowest BCUT2D eigenvalue weighted by Gasteiger charge is -2.44. The van der Waals surface area contributed by atoms with Crippen molar-refractivity contribution in [1.82, 2.24) is 0 Å². The van der Waals surface area contributed by atoms with Gasteiger partial charge in [-0.1, -0.05) is 50.6 Å². The molecule has 1 fully saturated rings. The van der Waals surface area contributed by atoms with Crippen LogP contribution in [0, 0.1) is 11.8 Å². The van der Waals surface area contributed by atoms with Crippen molar-refractivity contribution in [2.75, 3.05) is 5.32 Å². The average Bonchev–Trinajstić information content (AvgIpc) is 2.79. The predicted octanol–water partition coefficient (Wildman–Crippen LogP) is 6.09. The Labute approximate surface area is 212 Å². The molecule has 0 bridgehead atoms. The van der Waals surface area contributed by atoms with E-state index >= 15 is 0 Å². The quantitative estimate of drug-likeness (QED) is 0.503. The minimum atomic E-state index is -0.907. The SMILES string of the molecule is CC[C@H]1O[C@@H](c2ccc(Cl)c(Cc3ccc4c(c3)NC(=O)C(C)(C)O4)c2)C(OC(C)=O)C(C)[C@@H]1C. The Morgan fingerprint density at radius 3 is 2.57 bits per heavy atom. The third kappa shape index (κ3) is 5.19. The van der Waals surface area contributed by atoms with Crippen LogP contribution in [0.1, 0.15) is 70.8 Å². The van der Waals surface area contributed by atoms with Crippen molar-refractivity contribution in [3.8, 4) is 5.75 Å². The first-order valence-electron chi connectivity index (χ1n) is 12.2. The van der Waals surface area contributed by atoms with Crippen LogP contribution in [0.5, 0.6) is 5.75 Å². The standard InChI is InChI=1S/C28H34ClNO5/c1-7-23-15(2)16(3)25(33-17(4)31)26(34-23)19-9-10-21(29)20(14-19)12-18-8-11-24-22(13-18)30-27(32)28(5,6)35-24/h8-11,13-16,23,25-26H,7,12H2,1-6H3,(H,30,32)/t15-,16?,23+,25?,26-/m0/s1. The predicted molar refractivity (Wildman–Crippen MR) is 136 cm³/mol. The van der Waals surface area contributed by atoms with Gasteiger partial charge in [-0.2, -0.15) is 0 Å². The third-order valence-electron chi connectivity index (χ3n) is 7.26. The van der Waals surface area contributed by atoms with Gasteiger partial charge in [0.15, 0.2) is 5.60 Å². The maximum Gasteiger partial charge on any atom is 0.303 e. The summed E-state index contributed by atoms with van der Waals surface area (Å²) in [5.74, 6) is 0.572. The fraction of sp³-hybridized carbons (Fsp3) is 0.500. The highest BCUT2D eigenvalue weighted by molar-refractivity contribution is 6.31. The van der Waals surface area contributed by atoms with Crippen molar-refractivity contribution in [1.29, 1.82) is 0 Å². The van der Waals surface area contributed by atoms with E-state index in [1.165, 1.54) is 6.92 Å². The number of ether oxygens (including phenoxy) is 3. The first kappa shape index (κ1) is 25.5. The Hall–Kier alpha value is -2.57. The molecule has 2 aliphatic rings. The zero-order valence-electron chi connectivity index (χ0n) is 21.2. The molecule has 188 valence electrons. The van der Waals surface area contributed by atoms with Gasteiger partial charge in [-0.3, -0.25) is 9.59 Å². The molecule has 0 radical (unpaired) electrons. The molecule has 2 unspecified atom stereocenters. The zero-order chi connectivity index (χ0) is 25.5. The number of amides is 1. The van der Waals surface area contributed by atoms with Crippen molar-refractivity contribution >= 4 is 29.2 Å². The van der Waals surface area contributed by atoms with E-state index < -0.39 is 5.60 Å².